The number of fused-ring (bicyclic) bond motifs is 2. The molecule has 1 amide bonds. The van der Waals surface area contributed by atoms with Crippen molar-refractivity contribution in [2.45, 2.75) is 12.8 Å². The lowest BCUT2D eigenvalue weighted by atomic mass is 10.0. The fourth-order valence-electron chi connectivity index (χ4n) is 4.20. The third kappa shape index (κ3) is 5.16. The average molecular weight is 582 g/mol. The fourth-order valence-corrected chi connectivity index (χ4v) is 6.46. The molecule has 0 saturated carbocycles. The number of benzene rings is 2. The number of amides is 1. The lowest BCUT2D eigenvalue weighted by Gasteiger charge is -2.24. The number of sulfonamides is 1. The normalized spacial score (nSPS) is 11.5. The van der Waals surface area contributed by atoms with E-state index in [1.54, 1.807) is 47.8 Å². The first-order valence-electron chi connectivity index (χ1n) is 12.0. The van der Waals surface area contributed by atoms with Gasteiger partial charge in [0.1, 0.15) is 10.6 Å². The second-order valence-corrected chi connectivity index (χ2v) is 11.5. The molecule has 0 aliphatic carbocycles. The number of aromatic nitrogens is 2. The number of ether oxygens (including phenoxy) is 1. The lowest BCUT2D eigenvalue weighted by Crippen LogP contribution is -2.39. The average Bonchev–Trinajstić information content (AvgIpc) is 3.53. The van der Waals surface area contributed by atoms with E-state index in [9.17, 15) is 28.2 Å². The summed E-state index contributed by atoms with van der Waals surface area (Å²) >= 11 is 1.34. The van der Waals surface area contributed by atoms with Crippen LogP contribution in [-0.4, -0.2) is 53.1 Å². The van der Waals surface area contributed by atoms with Gasteiger partial charge in [-0.05, 0) is 48.2 Å². The zero-order valence-corrected chi connectivity index (χ0v) is 22.7. The first kappa shape index (κ1) is 27.0. The van der Waals surface area contributed by atoms with E-state index in [4.69, 9.17) is 9.57 Å². The molecule has 11 nitrogen and oxygen atoms in total. The van der Waals surface area contributed by atoms with E-state index >= 15 is 0 Å². The number of para-hydroxylation sites is 1. The molecule has 0 fully saturated rings. The van der Waals surface area contributed by atoms with Gasteiger partial charge in [-0.15, -0.1) is 16.1 Å². The van der Waals surface area contributed by atoms with E-state index in [1.165, 1.54) is 30.6 Å². The third-order valence-electron chi connectivity index (χ3n) is 6.07. The number of thiophene rings is 1. The van der Waals surface area contributed by atoms with E-state index < -0.39 is 39.4 Å². The van der Waals surface area contributed by atoms with E-state index in [-0.39, 0.29) is 24.1 Å². The van der Waals surface area contributed by atoms with Crippen molar-refractivity contribution >= 4 is 60.0 Å². The number of methoxy groups -OCH3 is 1. The van der Waals surface area contributed by atoms with Crippen LogP contribution in [0.5, 0.6) is 17.5 Å². The number of pyridine rings is 1. The third-order valence-corrected chi connectivity index (χ3v) is 8.61. The summed E-state index contributed by atoms with van der Waals surface area (Å²) in [5.41, 5.74) is 0.839. The molecule has 0 saturated heterocycles. The second-order valence-electron chi connectivity index (χ2n) is 8.64. The van der Waals surface area contributed by atoms with Crippen LogP contribution in [0.1, 0.15) is 23.2 Å². The molecule has 0 radical (unpaired) electrons. The van der Waals surface area contributed by atoms with Gasteiger partial charge in [-0.25, -0.2) is 22.5 Å². The van der Waals surface area contributed by atoms with E-state index in [0.717, 1.165) is 16.4 Å². The van der Waals surface area contributed by atoms with Gasteiger partial charge in [-0.1, -0.05) is 18.2 Å². The van der Waals surface area contributed by atoms with E-state index in [2.05, 4.69) is 4.98 Å². The van der Waals surface area contributed by atoms with E-state index in [1.807, 2.05) is 0 Å². The highest BCUT2D eigenvalue weighted by atomic mass is 32.2. The number of anilines is 1. The predicted molar refractivity (Wildman–Crippen MR) is 149 cm³/mol. The van der Waals surface area contributed by atoms with Crippen LogP contribution in [0.4, 0.5) is 5.69 Å². The van der Waals surface area contributed by atoms with Gasteiger partial charge in [0.25, 0.3) is 5.91 Å². The Morgan fingerprint density at radius 2 is 1.68 bits per heavy atom. The minimum absolute atomic E-state index is 0.0971. The fraction of sp³-hybridized carbons (Fsp3) is 0.148. The van der Waals surface area contributed by atoms with Crippen LogP contribution in [0.2, 0.25) is 0 Å². The highest BCUT2D eigenvalue weighted by Crippen LogP contribution is 2.33. The Bertz CT molecular complexity index is 1810. The standard InChI is InChI=1S/C27H23N3O8S2/c1-37-18-10-8-17(9-11-18)30(40(35,36)16-4-7-24(33)38-29-22(31)12-13-23(29)32)27(34)25-19-5-2-3-6-21(19)28-26-20(25)14-15-39-26/h2-3,5-6,8-15,31-32H,4,7,16H2,1H3. The van der Waals surface area contributed by atoms with Crippen molar-refractivity contribution in [3.8, 4) is 17.5 Å². The Balaban J connectivity index is 1.48. The molecule has 0 aliphatic rings. The Morgan fingerprint density at radius 3 is 2.38 bits per heavy atom. The maximum Gasteiger partial charge on any atom is 0.333 e. The van der Waals surface area contributed by atoms with Crippen molar-refractivity contribution in [1.29, 1.82) is 0 Å². The van der Waals surface area contributed by atoms with Gasteiger partial charge in [0.05, 0.1) is 29.6 Å². The number of hydrogen-bond acceptors (Lipinski definition) is 10. The van der Waals surface area contributed by atoms with Gasteiger partial charge in [-0.3, -0.25) is 4.79 Å². The van der Waals surface area contributed by atoms with Gasteiger partial charge >= 0.3 is 5.97 Å². The van der Waals surface area contributed by atoms with E-state index in [0.29, 0.717) is 31.6 Å². The van der Waals surface area contributed by atoms with Crippen LogP contribution in [0.15, 0.2) is 72.1 Å². The monoisotopic (exact) mass is 581 g/mol. The largest absolute Gasteiger partial charge is 0.497 e. The molecular formula is C27H23N3O8S2. The molecule has 40 heavy (non-hydrogen) atoms. The van der Waals surface area contributed by atoms with Crippen molar-refractivity contribution in [1.82, 2.24) is 9.71 Å². The van der Waals surface area contributed by atoms with Crippen molar-refractivity contribution in [3.05, 3.63) is 77.7 Å². The van der Waals surface area contributed by atoms with Gasteiger partial charge in [0, 0.05) is 29.3 Å². The summed E-state index contributed by atoms with van der Waals surface area (Å²) < 4.78 is 33.9. The highest BCUT2D eigenvalue weighted by molar-refractivity contribution is 7.93. The smallest absolute Gasteiger partial charge is 0.333 e. The lowest BCUT2D eigenvalue weighted by molar-refractivity contribution is -0.145. The molecule has 3 heterocycles. The molecule has 206 valence electrons. The van der Waals surface area contributed by atoms with Crippen molar-refractivity contribution in [3.63, 3.8) is 0 Å². The molecule has 0 unspecified atom stereocenters. The quantitative estimate of drug-likeness (QED) is 0.263. The summed E-state index contributed by atoms with van der Waals surface area (Å²) in [5.74, 6) is -2.75. The number of nitrogens with zero attached hydrogens (tertiary/aromatic N) is 3. The van der Waals surface area contributed by atoms with Crippen LogP contribution in [0.25, 0.3) is 21.1 Å². The summed E-state index contributed by atoms with van der Waals surface area (Å²) in [6.07, 6.45) is -0.567. The predicted octanol–water partition coefficient (Wildman–Crippen LogP) is 4.08. The van der Waals surface area contributed by atoms with Crippen LogP contribution >= 0.6 is 11.3 Å². The van der Waals surface area contributed by atoms with Crippen LogP contribution < -0.4 is 13.9 Å². The van der Waals surface area contributed by atoms with Gasteiger partial charge in [0.2, 0.25) is 21.8 Å². The Kier molecular flexibility index (Phi) is 7.32. The molecule has 13 heteroatoms. The summed E-state index contributed by atoms with van der Waals surface area (Å²) in [4.78, 5) is 36.5. The number of aromatic hydroxyl groups is 2. The zero-order valence-electron chi connectivity index (χ0n) is 21.1. The molecule has 0 bridgehead atoms. The topological polar surface area (TPSA) is 148 Å². The first-order chi connectivity index (χ1) is 19.2. The van der Waals surface area contributed by atoms with Gasteiger partial charge in [0.15, 0.2) is 0 Å². The minimum atomic E-state index is -4.32. The maximum absolute atomic E-state index is 14.2. The van der Waals surface area contributed by atoms with Crippen LogP contribution in [0.3, 0.4) is 0 Å². The van der Waals surface area contributed by atoms with Crippen molar-refractivity contribution in [2.75, 3.05) is 17.2 Å². The zero-order chi connectivity index (χ0) is 28.4. The number of rotatable bonds is 9. The molecule has 3 aromatic heterocycles. The first-order valence-corrected chi connectivity index (χ1v) is 14.5. The Labute approximate surface area is 232 Å². The minimum Gasteiger partial charge on any atom is -0.497 e. The summed E-state index contributed by atoms with van der Waals surface area (Å²) in [7, 11) is -2.85. The highest BCUT2D eigenvalue weighted by Gasteiger charge is 2.33. The van der Waals surface area contributed by atoms with Crippen molar-refractivity contribution in [2.24, 2.45) is 0 Å². The SMILES string of the molecule is COc1ccc(N(C(=O)c2c3ccccc3nc3sccc23)S(=O)(=O)CCCC(=O)On2c(O)ccc2O)cc1. The number of hydrogen-bond donors (Lipinski definition) is 2. The molecule has 5 rings (SSSR count). The molecule has 2 N–H and O–H groups in total. The van der Waals surface area contributed by atoms with Crippen LogP contribution in [0, 0.1) is 0 Å². The molecule has 0 spiro atoms. The summed E-state index contributed by atoms with van der Waals surface area (Å²) in [6, 6.07) is 17.0. The van der Waals surface area contributed by atoms with Gasteiger partial charge in [-0.2, -0.15) is 0 Å². The molecular weight excluding hydrogens is 558 g/mol. The number of carbonyl (C=O) groups is 2. The molecule has 5 aromatic rings. The molecule has 0 atom stereocenters. The number of carbonyl (C=O) groups excluding carboxylic acids is 2. The summed E-state index contributed by atoms with van der Waals surface area (Å²) in [5, 5.41) is 22.1. The molecule has 0 aliphatic heterocycles. The maximum atomic E-state index is 14.2. The Hall–Kier alpha value is -4.62. The second kappa shape index (κ2) is 10.9. The summed E-state index contributed by atoms with van der Waals surface area (Å²) in [6.45, 7) is 0. The molecule has 2 aromatic carbocycles. The Morgan fingerprint density at radius 1 is 0.975 bits per heavy atom. The van der Waals surface area contributed by atoms with Crippen molar-refractivity contribution < 1.29 is 37.8 Å². The van der Waals surface area contributed by atoms with Crippen LogP contribution in [-0.2, 0) is 14.8 Å². The van der Waals surface area contributed by atoms with Gasteiger partial charge < -0.3 is 19.8 Å².